The van der Waals surface area contributed by atoms with Gasteiger partial charge in [0.25, 0.3) is 5.91 Å². The summed E-state index contributed by atoms with van der Waals surface area (Å²) in [6.07, 6.45) is 0.978. The molecule has 1 atom stereocenters. The summed E-state index contributed by atoms with van der Waals surface area (Å²) in [4.78, 5) is 46.8. The number of nitrogens with two attached hydrogens (primary N) is 1. The number of carbonyl (C=O) groups is 4. The minimum atomic E-state index is -1.46. The Morgan fingerprint density at radius 2 is 1.85 bits per heavy atom. The predicted molar refractivity (Wildman–Crippen MR) is 118 cm³/mol. The molecule has 0 radical (unpaired) electrons. The number of methoxy groups -OCH3 is 2. The van der Waals surface area contributed by atoms with Crippen molar-refractivity contribution in [1.82, 2.24) is 5.32 Å². The summed E-state index contributed by atoms with van der Waals surface area (Å²) in [5.41, 5.74) is 5.86. The lowest BCUT2D eigenvalue weighted by Crippen LogP contribution is -2.45. The summed E-state index contributed by atoms with van der Waals surface area (Å²) in [7, 11) is 3.02. The van der Waals surface area contributed by atoms with E-state index in [0.29, 0.717) is 22.6 Å². The Hall–Kier alpha value is -4.54. The smallest absolute Gasteiger partial charge is 0.326 e. The fourth-order valence-electron chi connectivity index (χ4n) is 3.14. The van der Waals surface area contributed by atoms with Crippen LogP contribution in [0, 0.1) is 0 Å². The molecule has 11 heteroatoms. The molecule has 4 N–H and O–H groups in total. The number of rotatable bonds is 10. The average Bonchev–Trinajstić information content (AvgIpc) is 3.11. The third-order valence-electron chi connectivity index (χ3n) is 4.77. The van der Waals surface area contributed by atoms with Crippen molar-refractivity contribution in [3.05, 3.63) is 53.3 Å². The van der Waals surface area contributed by atoms with Crippen LogP contribution in [0.4, 0.5) is 0 Å². The van der Waals surface area contributed by atoms with E-state index in [1.165, 1.54) is 38.5 Å². The van der Waals surface area contributed by atoms with Gasteiger partial charge in [-0.3, -0.25) is 14.4 Å². The van der Waals surface area contributed by atoms with E-state index in [1.54, 1.807) is 18.2 Å². The molecular weight excluding hydrogens is 448 g/mol. The third kappa shape index (κ3) is 5.63. The van der Waals surface area contributed by atoms with Gasteiger partial charge < -0.3 is 35.1 Å². The Bertz CT molecular complexity index is 1170. The number of benzene rings is 2. The van der Waals surface area contributed by atoms with Gasteiger partial charge >= 0.3 is 5.97 Å². The molecule has 0 aromatic heterocycles. The number of ketones is 1. The van der Waals surface area contributed by atoms with Gasteiger partial charge in [0.15, 0.2) is 12.4 Å². The van der Waals surface area contributed by atoms with Crippen LogP contribution in [0.5, 0.6) is 23.0 Å². The van der Waals surface area contributed by atoms with E-state index < -0.39 is 36.9 Å². The minimum absolute atomic E-state index is 0.0622. The SMILES string of the molecule is COc1ccc(OC)c(C=C2Oc3cc(OCC(=O)NC(CC(N)=O)C(=O)O)ccc3C2=O)c1. The number of Topliss-reactive ketones (excluding diaryl/α,β-unsaturated/α-hetero) is 1. The zero-order chi connectivity index (χ0) is 24.8. The highest BCUT2D eigenvalue weighted by atomic mass is 16.5. The summed E-state index contributed by atoms with van der Waals surface area (Å²) in [6, 6.07) is 8.05. The van der Waals surface area contributed by atoms with Gasteiger partial charge in [-0.1, -0.05) is 0 Å². The summed E-state index contributed by atoms with van der Waals surface area (Å²) in [6.45, 7) is -0.529. The molecule has 2 aromatic rings. The standard InChI is InChI=1S/C23H22N2O9/c1-31-13-4-6-17(32-2)12(7-13)8-19-22(28)15-5-3-14(9-18(15)34-19)33-11-21(27)25-16(23(29)30)10-20(24)26/h3-9,16H,10-11H2,1-2H3,(H2,24,26)(H,25,27)(H,29,30). The van der Waals surface area contributed by atoms with Crippen molar-refractivity contribution in [2.75, 3.05) is 20.8 Å². The Kier molecular flexibility index (Phi) is 7.36. The quantitative estimate of drug-likeness (QED) is 0.432. The minimum Gasteiger partial charge on any atom is -0.497 e. The maximum absolute atomic E-state index is 12.7. The van der Waals surface area contributed by atoms with Crippen molar-refractivity contribution >= 4 is 29.6 Å². The van der Waals surface area contributed by atoms with Crippen LogP contribution in [0.1, 0.15) is 22.3 Å². The van der Waals surface area contributed by atoms with Gasteiger partial charge in [0.2, 0.25) is 11.7 Å². The van der Waals surface area contributed by atoms with Crippen LogP contribution in [0.15, 0.2) is 42.2 Å². The van der Waals surface area contributed by atoms with E-state index in [4.69, 9.17) is 29.8 Å². The molecule has 1 heterocycles. The van der Waals surface area contributed by atoms with E-state index in [-0.39, 0.29) is 23.0 Å². The maximum Gasteiger partial charge on any atom is 0.326 e. The highest BCUT2D eigenvalue weighted by Crippen LogP contribution is 2.36. The highest BCUT2D eigenvalue weighted by molar-refractivity contribution is 6.14. The number of carboxylic acid groups (broad SMARTS) is 1. The molecule has 0 fully saturated rings. The predicted octanol–water partition coefficient (Wildman–Crippen LogP) is 1.14. The van der Waals surface area contributed by atoms with Crippen LogP contribution >= 0.6 is 0 Å². The van der Waals surface area contributed by atoms with Crippen LogP contribution < -0.4 is 30.0 Å². The van der Waals surface area contributed by atoms with Gasteiger partial charge in [-0.25, -0.2) is 4.79 Å². The number of carboxylic acids is 1. The van der Waals surface area contributed by atoms with Crippen molar-refractivity contribution in [2.24, 2.45) is 5.73 Å². The molecular formula is C23H22N2O9. The fourth-order valence-corrected chi connectivity index (χ4v) is 3.14. The molecule has 0 aliphatic carbocycles. The van der Waals surface area contributed by atoms with Crippen molar-refractivity contribution < 1.29 is 43.2 Å². The van der Waals surface area contributed by atoms with Crippen LogP contribution in [-0.2, 0) is 14.4 Å². The first-order valence-electron chi connectivity index (χ1n) is 9.95. The molecule has 2 aromatic carbocycles. The molecule has 34 heavy (non-hydrogen) atoms. The molecule has 2 amide bonds. The van der Waals surface area contributed by atoms with E-state index in [0.717, 1.165) is 0 Å². The molecule has 0 saturated carbocycles. The zero-order valence-electron chi connectivity index (χ0n) is 18.3. The van der Waals surface area contributed by atoms with E-state index >= 15 is 0 Å². The molecule has 11 nitrogen and oxygen atoms in total. The number of aliphatic carboxylic acids is 1. The van der Waals surface area contributed by atoms with Crippen LogP contribution in [0.25, 0.3) is 6.08 Å². The molecule has 0 bridgehead atoms. The lowest BCUT2D eigenvalue weighted by molar-refractivity contribution is -0.143. The van der Waals surface area contributed by atoms with E-state index in [9.17, 15) is 19.2 Å². The topological polar surface area (TPSA) is 163 Å². The van der Waals surface area contributed by atoms with Crippen LogP contribution in [0.2, 0.25) is 0 Å². The number of ether oxygens (including phenoxy) is 4. The number of hydrogen-bond donors (Lipinski definition) is 3. The zero-order valence-corrected chi connectivity index (χ0v) is 18.3. The number of nitrogens with one attached hydrogen (secondary N) is 1. The molecule has 0 spiro atoms. The molecule has 1 aliphatic rings. The Labute approximate surface area is 194 Å². The number of hydrogen-bond acceptors (Lipinski definition) is 8. The van der Waals surface area contributed by atoms with Crippen molar-refractivity contribution in [3.63, 3.8) is 0 Å². The van der Waals surface area contributed by atoms with Crippen LogP contribution in [-0.4, -0.2) is 55.5 Å². The number of primary amides is 1. The maximum atomic E-state index is 12.7. The molecule has 3 rings (SSSR count). The van der Waals surface area contributed by atoms with E-state index in [2.05, 4.69) is 5.32 Å². The molecule has 1 aliphatic heterocycles. The number of carbonyl (C=O) groups excluding carboxylic acids is 3. The fraction of sp³-hybridized carbons (Fsp3) is 0.217. The summed E-state index contributed by atoms with van der Waals surface area (Å²) in [5, 5.41) is 11.2. The molecule has 0 saturated heterocycles. The number of allylic oxidation sites excluding steroid dienone is 1. The second-order valence-electron chi connectivity index (χ2n) is 7.12. The first-order valence-corrected chi connectivity index (χ1v) is 9.95. The van der Waals surface area contributed by atoms with Gasteiger partial charge in [-0.2, -0.15) is 0 Å². The second-order valence-corrected chi connectivity index (χ2v) is 7.12. The first-order chi connectivity index (χ1) is 16.2. The van der Waals surface area contributed by atoms with Crippen molar-refractivity contribution in [3.8, 4) is 23.0 Å². The summed E-state index contributed by atoms with van der Waals surface area (Å²) >= 11 is 0. The van der Waals surface area contributed by atoms with Crippen LogP contribution in [0.3, 0.4) is 0 Å². The van der Waals surface area contributed by atoms with Gasteiger partial charge in [-0.05, 0) is 36.4 Å². The molecule has 1 unspecified atom stereocenters. The Balaban J connectivity index is 1.70. The Morgan fingerprint density at radius 1 is 1.12 bits per heavy atom. The summed E-state index contributed by atoms with van der Waals surface area (Å²) in [5.74, 6) is -1.79. The molecule has 178 valence electrons. The van der Waals surface area contributed by atoms with Gasteiger partial charge in [0, 0.05) is 11.6 Å². The average molecular weight is 470 g/mol. The monoisotopic (exact) mass is 470 g/mol. The Morgan fingerprint density at radius 3 is 2.50 bits per heavy atom. The highest BCUT2D eigenvalue weighted by Gasteiger charge is 2.28. The second kappa shape index (κ2) is 10.4. The van der Waals surface area contributed by atoms with Gasteiger partial charge in [0.05, 0.1) is 26.2 Å². The lowest BCUT2D eigenvalue weighted by Gasteiger charge is -2.13. The van der Waals surface area contributed by atoms with E-state index in [1.807, 2.05) is 0 Å². The van der Waals surface area contributed by atoms with Crippen molar-refractivity contribution in [1.29, 1.82) is 0 Å². The van der Waals surface area contributed by atoms with Crippen molar-refractivity contribution in [2.45, 2.75) is 12.5 Å². The van der Waals surface area contributed by atoms with Gasteiger partial charge in [0.1, 0.15) is 29.0 Å². The number of fused-ring (bicyclic) bond motifs is 1. The summed E-state index contributed by atoms with van der Waals surface area (Å²) < 4.78 is 21.6. The number of amides is 2. The lowest BCUT2D eigenvalue weighted by atomic mass is 10.1. The van der Waals surface area contributed by atoms with Gasteiger partial charge in [-0.15, -0.1) is 0 Å². The third-order valence-corrected chi connectivity index (χ3v) is 4.77. The normalized spacial score (nSPS) is 14.1. The first kappa shape index (κ1) is 24.1. The largest absolute Gasteiger partial charge is 0.497 e.